The van der Waals surface area contributed by atoms with Crippen molar-refractivity contribution in [1.29, 1.82) is 0 Å². The van der Waals surface area contributed by atoms with Crippen LogP contribution in [0.3, 0.4) is 0 Å². The summed E-state index contributed by atoms with van der Waals surface area (Å²) in [7, 11) is 0. The molecule has 3 atom stereocenters. The standard InChI is InChI=1S/C21H26O4/c1-3-24-15-11-21(23)17-16(20(21)10-6-9-14(15)20)12-7-5-8-13(12)18(22)19(17)25-4-2/h11,14,22-23H,3-10H2,1-2H3/t14-,20-,21-/m0/s1. The smallest absolute Gasteiger partial charge is 0.167 e. The van der Waals surface area contributed by atoms with Gasteiger partial charge in [-0.3, -0.25) is 0 Å². The lowest BCUT2D eigenvalue weighted by Crippen LogP contribution is -2.57. The van der Waals surface area contributed by atoms with Crippen molar-refractivity contribution >= 4 is 0 Å². The monoisotopic (exact) mass is 342 g/mol. The van der Waals surface area contributed by atoms with Gasteiger partial charge in [0.15, 0.2) is 11.5 Å². The first kappa shape index (κ1) is 15.6. The first-order chi connectivity index (χ1) is 12.1. The van der Waals surface area contributed by atoms with Gasteiger partial charge in [-0.15, -0.1) is 0 Å². The summed E-state index contributed by atoms with van der Waals surface area (Å²) < 4.78 is 11.8. The Hall–Kier alpha value is -1.68. The molecule has 1 fully saturated rings. The van der Waals surface area contributed by atoms with E-state index in [1.807, 2.05) is 19.9 Å². The highest BCUT2D eigenvalue weighted by atomic mass is 16.5. The third-order valence-corrected chi connectivity index (χ3v) is 6.96. The number of fused-ring (bicyclic) bond motifs is 4. The van der Waals surface area contributed by atoms with Gasteiger partial charge in [0.1, 0.15) is 5.60 Å². The molecule has 5 rings (SSSR count). The van der Waals surface area contributed by atoms with E-state index >= 15 is 0 Å². The van der Waals surface area contributed by atoms with Crippen molar-refractivity contribution in [3.63, 3.8) is 0 Å². The van der Waals surface area contributed by atoms with Crippen LogP contribution < -0.4 is 4.74 Å². The van der Waals surface area contributed by atoms with Crippen LogP contribution in [0.15, 0.2) is 11.8 Å². The molecule has 0 saturated heterocycles. The molecule has 1 saturated carbocycles. The van der Waals surface area contributed by atoms with Gasteiger partial charge in [0.25, 0.3) is 0 Å². The number of aliphatic hydroxyl groups is 1. The number of phenols is 1. The zero-order valence-electron chi connectivity index (χ0n) is 15.0. The fourth-order valence-electron chi connectivity index (χ4n) is 6.26. The molecule has 0 unspecified atom stereocenters. The summed E-state index contributed by atoms with van der Waals surface area (Å²) in [6, 6.07) is 0. The predicted molar refractivity (Wildman–Crippen MR) is 93.9 cm³/mol. The largest absolute Gasteiger partial charge is 0.504 e. The average molecular weight is 342 g/mol. The molecule has 0 radical (unpaired) electrons. The minimum absolute atomic E-state index is 0.254. The average Bonchev–Trinajstić information content (AvgIpc) is 3.27. The molecule has 0 heterocycles. The zero-order valence-corrected chi connectivity index (χ0v) is 15.0. The molecule has 0 amide bonds. The molecule has 1 aromatic carbocycles. The second-order valence-corrected chi connectivity index (χ2v) is 7.83. The van der Waals surface area contributed by atoms with Gasteiger partial charge in [-0.05, 0) is 63.2 Å². The van der Waals surface area contributed by atoms with E-state index in [1.54, 1.807) is 0 Å². The van der Waals surface area contributed by atoms with E-state index in [4.69, 9.17) is 9.47 Å². The number of phenolic OH excluding ortho intramolecular Hbond substituents is 1. The maximum atomic E-state index is 11.8. The molecule has 25 heavy (non-hydrogen) atoms. The van der Waals surface area contributed by atoms with Gasteiger partial charge < -0.3 is 19.7 Å². The molecular formula is C21H26O4. The number of allylic oxidation sites excluding steroid dienone is 1. The second-order valence-electron chi connectivity index (χ2n) is 7.83. The SMILES string of the molecule is CCOC1=C[C@]2(O)c3c(OCC)c(O)c4c(c3[C@@]23CCC[C@@H]13)CCC4. The maximum absolute atomic E-state index is 11.8. The third-order valence-electron chi connectivity index (χ3n) is 6.96. The van der Waals surface area contributed by atoms with Crippen molar-refractivity contribution in [2.24, 2.45) is 5.92 Å². The van der Waals surface area contributed by atoms with Crippen LogP contribution in [-0.4, -0.2) is 23.4 Å². The van der Waals surface area contributed by atoms with Gasteiger partial charge in [0, 0.05) is 22.5 Å². The zero-order chi connectivity index (χ0) is 17.4. The van der Waals surface area contributed by atoms with Gasteiger partial charge in [0.2, 0.25) is 0 Å². The highest BCUT2D eigenvalue weighted by molar-refractivity contribution is 5.75. The number of rotatable bonds is 4. The molecule has 0 aliphatic heterocycles. The number of ether oxygens (including phenoxy) is 2. The summed E-state index contributed by atoms with van der Waals surface area (Å²) in [4.78, 5) is 0. The van der Waals surface area contributed by atoms with E-state index in [0.29, 0.717) is 19.0 Å². The Kier molecular flexibility index (Phi) is 3.08. The Bertz CT molecular complexity index is 796. The minimum atomic E-state index is -1.06. The molecule has 0 aromatic heterocycles. The topological polar surface area (TPSA) is 58.9 Å². The normalized spacial score (nSPS) is 33.9. The maximum Gasteiger partial charge on any atom is 0.167 e. The van der Waals surface area contributed by atoms with Crippen LogP contribution in [0.2, 0.25) is 0 Å². The van der Waals surface area contributed by atoms with Crippen LogP contribution in [0.25, 0.3) is 0 Å². The van der Waals surface area contributed by atoms with Crippen LogP contribution in [0, 0.1) is 5.92 Å². The summed E-state index contributed by atoms with van der Waals surface area (Å²) in [6.45, 7) is 5.01. The van der Waals surface area contributed by atoms with Gasteiger partial charge in [0.05, 0.1) is 19.0 Å². The van der Waals surface area contributed by atoms with E-state index < -0.39 is 5.60 Å². The van der Waals surface area contributed by atoms with Crippen molar-refractivity contribution in [2.75, 3.05) is 13.2 Å². The Labute approximate surface area is 148 Å². The quantitative estimate of drug-likeness (QED) is 0.880. The van der Waals surface area contributed by atoms with E-state index in [1.165, 1.54) is 11.1 Å². The van der Waals surface area contributed by atoms with Crippen molar-refractivity contribution in [3.05, 3.63) is 34.1 Å². The fourth-order valence-corrected chi connectivity index (χ4v) is 6.26. The third kappa shape index (κ3) is 1.54. The van der Waals surface area contributed by atoms with Crippen molar-refractivity contribution in [2.45, 2.75) is 63.4 Å². The lowest BCUT2D eigenvalue weighted by atomic mass is 9.50. The summed E-state index contributed by atoms with van der Waals surface area (Å²) in [5, 5.41) is 22.6. The first-order valence-corrected chi connectivity index (χ1v) is 9.72. The Morgan fingerprint density at radius 2 is 1.84 bits per heavy atom. The summed E-state index contributed by atoms with van der Waals surface area (Å²) >= 11 is 0. The lowest BCUT2D eigenvalue weighted by Gasteiger charge is -2.55. The number of hydrogen-bond donors (Lipinski definition) is 2. The van der Waals surface area contributed by atoms with Gasteiger partial charge in [-0.1, -0.05) is 6.42 Å². The van der Waals surface area contributed by atoms with Crippen LogP contribution in [0.5, 0.6) is 11.5 Å². The molecule has 1 aromatic rings. The van der Waals surface area contributed by atoms with Gasteiger partial charge in [-0.25, -0.2) is 0 Å². The van der Waals surface area contributed by atoms with Crippen LogP contribution in [0.4, 0.5) is 0 Å². The molecule has 4 aliphatic carbocycles. The summed E-state index contributed by atoms with van der Waals surface area (Å²) in [5.74, 6) is 1.95. The lowest BCUT2D eigenvalue weighted by molar-refractivity contribution is -0.0400. The van der Waals surface area contributed by atoms with Crippen LogP contribution in [-0.2, 0) is 28.6 Å². The van der Waals surface area contributed by atoms with Crippen molar-refractivity contribution < 1.29 is 19.7 Å². The van der Waals surface area contributed by atoms with E-state index in [2.05, 4.69) is 0 Å². The Balaban J connectivity index is 1.80. The number of hydrogen-bond acceptors (Lipinski definition) is 4. The molecule has 4 nitrogen and oxygen atoms in total. The van der Waals surface area contributed by atoms with Crippen molar-refractivity contribution in [1.82, 2.24) is 0 Å². The molecule has 4 heteroatoms. The molecule has 0 bridgehead atoms. The Morgan fingerprint density at radius 1 is 1.08 bits per heavy atom. The second kappa shape index (κ2) is 4.94. The molecule has 4 aliphatic rings. The van der Waals surface area contributed by atoms with Crippen molar-refractivity contribution in [3.8, 4) is 11.5 Å². The molecule has 1 spiro atoms. The van der Waals surface area contributed by atoms with E-state index in [9.17, 15) is 10.2 Å². The van der Waals surface area contributed by atoms with E-state index in [0.717, 1.165) is 55.4 Å². The predicted octanol–water partition coefficient (Wildman–Crippen LogP) is 3.45. The van der Waals surface area contributed by atoms with Gasteiger partial charge in [-0.2, -0.15) is 0 Å². The Morgan fingerprint density at radius 3 is 2.60 bits per heavy atom. The highest BCUT2D eigenvalue weighted by Gasteiger charge is 2.73. The molecule has 134 valence electrons. The fraction of sp³-hybridized carbons (Fsp3) is 0.619. The van der Waals surface area contributed by atoms with Crippen LogP contribution >= 0.6 is 0 Å². The summed E-state index contributed by atoms with van der Waals surface area (Å²) in [5.41, 5.74) is 3.09. The number of benzene rings is 1. The summed E-state index contributed by atoms with van der Waals surface area (Å²) in [6.07, 6.45) is 8.04. The minimum Gasteiger partial charge on any atom is -0.504 e. The highest BCUT2D eigenvalue weighted by Crippen LogP contribution is 2.74. The van der Waals surface area contributed by atoms with E-state index in [-0.39, 0.29) is 17.1 Å². The first-order valence-electron chi connectivity index (χ1n) is 9.72. The number of aromatic hydroxyl groups is 1. The molecule has 2 N–H and O–H groups in total. The van der Waals surface area contributed by atoms with Gasteiger partial charge >= 0.3 is 0 Å². The molecular weight excluding hydrogens is 316 g/mol. The van der Waals surface area contributed by atoms with Crippen LogP contribution in [0.1, 0.15) is 61.8 Å².